The van der Waals surface area contributed by atoms with Gasteiger partial charge >= 0.3 is 0 Å². The second kappa shape index (κ2) is 6.92. The van der Waals surface area contributed by atoms with Crippen LogP contribution >= 0.6 is 0 Å². The van der Waals surface area contributed by atoms with E-state index in [2.05, 4.69) is 10.3 Å². The van der Waals surface area contributed by atoms with Crippen molar-refractivity contribution in [3.63, 3.8) is 0 Å². The van der Waals surface area contributed by atoms with Gasteiger partial charge in [-0.15, -0.1) is 0 Å². The van der Waals surface area contributed by atoms with Crippen LogP contribution in [0.1, 0.15) is 45.2 Å². The molecule has 29 heavy (non-hydrogen) atoms. The van der Waals surface area contributed by atoms with Crippen LogP contribution in [0.15, 0.2) is 48.7 Å². The maximum absolute atomic E-state index is 12.4. The molecule has 2 heterocycles. The maximum Gasteiger partial charge on any atom is 0.274 e. The van der Waals surface area contributed by atoms with Crippen molar-refractivity contribution in [3.05, 3.63) is 82.2 Å². The van der Waals surface area contributed by atoms with Crippen molar-refractivity contribution in [2.75, 3.05) is 5.32 Å². The lowest BCUT2D eigenvalue weighted by atomic mass is 9.88. The largest absolute Gasteiger partial charge is 0.507 e. The van der Waals surface area contributed by atoms with Crippen molar-refractivity contribution in [1.29, 1.82) is 0 Å². The fourth-order valence-electron chi connectivity index (χ4n) is 3.90. The van der Waals surface area contributed by atoms with E-state index >= 15 is 0 Å². The zero-order valence-corrected chi connectivity index (χ0v) is 17.0. The number of benzene rings is 2. The van der Waals surface area contributed by atoms with E-state index in [9.17, 15) is 9.90 Å². The average molecular weight is 388 g/mol. The number of aromatic hydroxyl groups is 1. The first-order valence-electron chi connectivity index (χ1n) is 9.63. The lowest BCUT2D eigenvalue weighted by Gasteiger charge is -2.25. The summed E-state index contributed by atoms with van der Waals surface area (Å²) >= 11 is 0. The van der Waals surface area contributed by atoms with Gasteiger partial charge in [-0.05, 0) is 74.2 Å². The molecule has 0 radical (unpaired) electrons. The van der Waals surface area contributed by atoms with Gasteiger partial charge in [-0.2, -0.15) is 0 Å². The van der Waals surface area contributed by atoms with E-state index in [1.807, 2.05) is 52.0 Å². The third-order valence-electron chi connectivity index (χ3n) is 5.81. The summed E-state index contributed by atoms with van der Waals surface area (Å²) in [7, 11) is 0. The molecule has 1 aliphatic rings. The fourth-order valence-corrected chi connectivity index (χ4v) is 3.90. The van der Waals surface area contributed by atoms with E-state index < -0.39 is 5.60 Å². The van der Waals surface area contributed by atoms with E-state index in [0.717, 1.165) is 33.6 Å². The lowest BCUT2D eigenvalue weighted by Crippen LogP contribution is -2.27. The second-order valence-electron chi connectivity index (χ2n) is 7.79. The van der Waals surface area contributed by atoms with E-state index in [-0.39, 0.29) is 5.91 Å². The van der Waals surface area contributed by atoms with Crippen LogP contribution in [0.3, 0.4) is 0 Å². The zero-order valence-electron chi connectivity index (χ0n) is 17.0. The minimum absolute atomic E-state index is 0.254. The first-order chi connectivity index (χ1) is 13.8. The van der Waals surface area contributed by atoms with Gasteiger partial charge in [-0.1, -0.05) is 18.2 Å². The van der Waals surface area contributed by atoms with Crippen LogP contribution in [0.25, 0.3) is 0 Å². The molecule has 0 fully saturated rings. The highest BCUT2D eigenvalue weighted by atomic mass is 16.5. The molecule has 5 heteroatoms. The molecule has 1 atom stereocenters. The third kappa shape index (κ3) is 3.23. The van der Waals surface area contributed by atoms with Gasteiger partial charge in [0.25, 0.3) is 5.91 Å². The molecular formula is C24H24N2O3. The van der Waals surface area contributed by atoms with Crippen LogP contribution in [0.5, 0.6) is 11.5 Å². The minimum Gasteiger partial charge on any atom is -0.507 e. The van der Waals surface area contributed by atoms with Gasteiger partial charge in [-0.25, -0.2) is 0 Å². The van der Waals surface area contributed by atoms with Gasteiger partial charge in [0.05, 0.1) is 0 Å². The summed E-state index contributed by atoms with van der Waals surface area (Å²) in [5.41, 5.74) is 5.15. The topological polar surface area (TPSA) is 71.5 Å². The average Bonchev–Trinajstić information content (AvgIpc) is 3.11. The van der Waals surface area contributed by atoms with E-state index in [1.165, 1.54) is 0 Å². The van der Waals surface area contributed by atoms with Crippen molar-refractivity contribution in [2.24, 2.45) is 0 Å². The summed E-state index contributed by atoms with van der Waals surface area (Å²) < 4.78 is 6.44. The first kappa shape index (κ1) is 19.0. The fraction of sp³-hybridized carbons (Fsp3) is 0.250. The number of carbonyl (C=O) groups excluding carboxylic acids is 1. The standard InChI is InChI=1S/C24H24N2O3/c1-14-15(2)22-19(16(3)21(14)27)13-24(4,29-22)17-8-7-9-18(12-17)26-23(28)20-10-5-6-11-25-20/h5-12,27H,13H2,1-4H3,(H,26,28). The molecular weight excluding hydrogens is 364 g/mol. The van der Waals surface area contributed by atoms with Gasteiger partial charge in [0.1, 0.15) is 22.8 Å². The molecule has 1 amide bonds. The number of aromatic nitrogens is 1. The number of nitrogens with zero attached hydrogens (tertiary/aromatic N) is 1. The smallest absolute Gasteiger partial charge is 0.274 e. The number of ether oxygens (including phenoxy) is 1. The Morgan fingerprint density at radius 2 is 1.90 bits per heavy atom. The van der Waals surface area contributed by atoms with Crippen LogP contribution in [0, 0.1) is 20.8 Å². The third-order valence-corrected chi connectivity index (χ3v) is 5.81. The maximum atomic E-state index is 12.4. The summed E-state index contributed by atoms with van der Waals surface area (Å²) in [5.74, 6) is 0.935. The Morgan fingerprint density at radius 1 is 1.10 bits per heavy atom. The predicted octanol–water partition coefficient (Wildman–Crippen LogP) is 4.82. The van der Waals surface area contributed by atoms with E-state index in [1.54, 1.807) is 24.4 Å². The Bertz CT molecular complexity index is 1070. The summed E-state index contributed by atoms with van der Waals surface area (Å²) in [5, 5.41) is 13.3. The molecule has 0 spiro atoms. The van der Waals surface area contributed by atoms with Crippen molar-refractivity contribution in [1.82, 2.24) is 4.98 Å². The number of pyridine rings is 1. The van der Waals surface area contributed by atoms with Crippen LogP contribution in [-0.2, 0) is 12.0 Å². The molecule has 1 unspecified atom stereocenters. The number of amides is 1. The van der Waals surface area contributed by atoms with Gasteiger partial charge in [-0.3, -0.25) is 9.78 Å². The molecule has 0 saturated carbocycles. The molecule has 0 saturated heterocycles. The normalized spacial score (nSPS) is 17.5. The van der Waals surface area contributed by atoms with Crippen LogP contribution < -0.4 is 10.1 Å². The monoisotopic (exact) mass is 388 g/mol. The Labute approximate surface area is 170 Å². The molecule has 4 rings (SSSR count). The number of rotatable bonds is 3. The number of phenols is 1. The lowest BCUT2D eigenvalue weighted by molar-refractivity contribution is 0.102. The number of phenolic OH excluding ortho intramolecular Hbond substituents is 1. The number of hydrogen-bond donors (Lipinski definition) is 2. The number of anilines is 1. The quantitative estimate of drug-likeness (QED) is 0.675. The molecule has 1 aromatic heterocycles. The molecule has 5 nitrogen and oxygen atoms in total. The highest BCUT2D eigenvalue weighted by Crippen LogP contribution is 2.48. The van der Waals surface area contributed by atoms with Gasteiger partial charge in [0.2, 0.25) is 0 Å². The highest BCUT2D eigenvalue weighted by Gasteiger charge is 2.39. The summed E-state index contributed by atoms with van der Waals surface area (Å²) in [6.07, 6.45) is 2.25. The van der Waals surface area contributed by atoms with E-state index in [0.29, 0.717) is 23.6 Å². The van der Waals surface area contributed by atoms with Crippen molar-refractivity contribution < 1.29 is 14.6 Å². The Hall–Kier alpha value is -3.34. The van der Waals surface area contributed by atoms with Crippen LogP contribution in [-0.4, -0.2) is 16.0 Å². The molecule has 2 aromatic carbocycles. The molecule has 0 aliphatic carbocycles. The number of hydrogen-bond acceptors (Lipinski definition) is 4. The Balaban J connectivity index is 1.64. The summed E-state index contributed by atoms with van der Waals surface area (Å²) in [6, 6.07) is 12.9. The number of nitrogens with one attached hydrogen (secondary N) is 1. The molecule has 1 aliphatic heterocycles. The summed E-state index contributed by atoms with van der Waals surface area (Å²) in [6.45, 7) is 7.85. The van der Waals surface area contributed by atoms with Crippen LogP contribution in [0.4, 0.5) is 5.69 Å². The minimum atomic E-state index is -0.580. The zero-order chi connectivity index (χ0) is 20.8. The Kier molecular flexibility index (Phi) is 4.53. The van der Waals surface area contributed by atoms with Crippen LogP contribution in [0.2, 0.25) is 0 Å². The number of carbonyl (C=O) groups is 1. The Morgan fingerprint density at radius 3 is 2.62 bits per heavy atom. The molecule has 2 N–H and O–H groups in total. The SMILES string of the molecule is Cc1c(C)c2c(c(C)c1O)CC(C)(c1cccc(NC(=O)c3ccccn3)c1)O2. The second-order valence-corrected chi connectivity index (χ2v) is 7.79. The molecule has 3 aromatic rings. The van der Waals surface area contributed by atoms with E-state index in [4.69, 9.17) is 4.74 Å². The van der Waals surface area contributed by atoms with Crippen molar-refractivity contribution in [3.8, 4) is 11.5 Å². The summed E-state index contributed by atoms with van der Waals surface area (Å²) in [4.78, 5) is 16.5. The molecule has 0 bridgehead atoms. The van der Waals surface area contributed by atoms with Gasteiger partial charge < -0.3 is 15.2 Å². The van der Waals surface area contributed by atoms with Gasteiger partial charge in [0, 0.05) is 23.9 Å². The first-order valence-corrected chi connectivity index (χ1v) is 9.63. The predicted molar refractivity (Wildman–Crippen MR) is 113 cm³/mol. The van der Waals surface area contributed by atoms with Gasteiger partial charge in [0.15, 0.2) is 0 Å². The molecule has 148 valence electrons. The van der Waals surface area contributed by atoms with Crippen molar-refractivity contribution >= 4 is 11.6 Å². The number of fused-ring (bicyclic) bond motifs is 1. The van der Waals surface area contributed by atoms with Crippen molar-refractivity contribution in [2.45, 2.75) is 39.7 Å². The highest BCUT2D eigenvalue weighted by molar-refractivity contribution is 6.02.